The van der Waals surface area contributed by atoms with Gasteiger partial charge in [-0.25, -0.2) is 9.18 Å². The number of hydrogen-bond acceptors (Lipinski definition) is 3. The van der Waals surface area contributed by atoms with Gasteiger partial charge >= 0.3 is 6.09 Å². The van der Waals surface area contributed by atoms with E-state index in [-0.39, 0.29) is 22.9 Å². The Balaban J connectivity index is 1.66. The van der Waals surface area contributed by atoms with Gasteiger partial charge in [-0.15, -0.1) is 0 Å². The molecular formula is C20H30FNO3S. The molecule has 1 atom stereocenters. The molecule has 0 aliphatic carbocycles. The molecule has 0 radical (unpaired) electrons. The molecule has 0 spiro atoms. The second kappa shape index (κ2) is 10.0. The van der Waals surface area contributed by atoms with Crippen molar-refractivity contribution in [2.75, 3.05) is 19.3 Å². The molecule has 0 bridgehead atoms. The minimum absolute atomic E-state index is 0.0727. The Kier molecular flexibility index (Phi) is 8.07. The zero-order valence-electron chi connectivity index (χ0n) is 16.0. The Morgan fingerprint density at radius 2 is 2.00 bits per heavy atom. The lowest BCUT2D eigenvalue weighted by Crippen LogP contribution is -2.39. The Morgan fingerprint density at radius 3 is 2.58 bits per heavy atom. The van der Waals surface area contributed by atoms with Crippen LogP contribution in [0.3, 0.4) is 0 Å². The number of likely N-dealkylation sites (tertiary alicyclic amines) is 1. The van der Waals surface area contributed by atoms with E-state index in [1.807, 2.05) is 19.9 Å². The van der Waals surface area contributed by atoms with Crippen molar-refractivity contribution in [3.63, 3.8) is 0 Å². The predicted octanol–water partition coefficient (Wildman–Crippen LogP) is 4.53. The smallest absolute Gasteiger partial charge is 0.410 e. The number of halogens is 1. The van der Waals surface area contributed by atoms with Crippen LogP contribution in [0.4, 0.5) is 9.18 Å². The number of rotatable bonds is 7. The van der Waals surface area contributed by atoms with Crippen LogP contribution in [0.15, 0.2) is 23.1 Å². The standard InChI is InChI=1S/C20H30FNO3S/c1-15(2)25-20(23)22-12-10-16(11-13-22)6-4-5-7-17-8-9-19(26(3)24)18(21)14-17/h8-9,14-16H,4-7,10-13H2,1-3H3. The molecule has 2 rings (SSSR count). The number of amides is 1. The van der Waals surface area contributed by atoms with Crippen molar-refractivity contribution < 1.29 is 18.1 Å². The van der Waals surface area contributed by atoms with Gasteiger partial charge in [0.15, 0.2) is 0 Å². The largest absolute Gasteiger partial charge is 0.447 e. The summed E-state index contributed by atoms with van der Waals surface area (Å²) in [7, 11) is -1.28. The number of aryl methyl sites for hydroxylation is 1. The van der Waals surface area contributed by atoms with Crippen molar-refractivity contribution in [3.05, 3.63) is 29.6 Å². The van der Waals surface area contributed by atoms with Crippen molar-refractivity contribution in [3.8, 4) is 0 Å². The first kappa shape index (κ1) is 20.9. The Morgan fingerprint density at radius 1 is 1.31 bits per heavy atom. The van der Waals surface area contributed by atoms with E-state index >= 15 is 0 Å². The normalized spacial score (nSPS) is 16.7. The molecule has 1 amide bonds. The summed E-state index contributed by atoms with van der Waals surface area (Å²) in [5.41, 5.74) is 0.961. The molecular weight excluding hydrogens is 353 g/mol. The molecule has 1 aliphatic rings. The highest BCUT2D eigenvalue weighted by atomic mass is 32.2. The minimum Gasteiger partial charge on any atom is -0.447 e. The van der Waals surface area contributed by atoms with Crippen molar-refractivity contribution in [1.29, 1.82) is 0 Å². The van der Waals surface area contributed by atoms with E-state index in [9.17, 15) is 13.4 Å². The second-order valence-corrected chi connectivity index (χ2v) is 8.68. The summed E-state index contributed by atoms with van der Waals surface area (Å²) in [5, 5.41) is 0. The lowest BCUT2D eigenvalue weighted by atomic mass is 9.91. The summed E-state index contributed by atoms with van der Waals surface area (Å²) in [6, 6.07) is 5.01. The van der Waals surface area contributed by atoms with Gasteiger partial charge in [0.1, 0.15) is 5.82 Å². The van der Waals surface area contributed by atoms with Gasteiger partial charge in [0, 0.05) is 19.3 Å². The summed E-state index contributed by atoms with van der Waals surface area (Å²) in [6.07, 6.45) is 7.38. The van der Waals surface area contributed by atoms with Crippen molar-refractivity contribution >= 4 is 16.9 Å². The zero-order chi connectivity index (χ0) is 19.1. The zero-order valence-corrected chi connectivity index (χ0v) is 16.8. The molecule has 1 fully saturated rings. The fraction of sp³-hybridized carbons (Fsp3) is 0.650. The predicted molar refractivity (Wildman–Crippen MR) is 102 cm³/mol. The first-order valence-corrected chi connectivity index (χ1v) is 11.0. The van der Waals surface area contributed by atoms with Gasteiger partial charge in [-0.3, -0.25) is 4.21 Å². The first-order chi connectivity index (χ1) is 12.4. The third-order valence-electron chi connectivity index (χ3n) is 4.84. The van der Waals surface area contributed by atoms with Crippen LogP contribution >= 0.6 is 0 Å². The van der Waals surface area contributed by atoms with E-state index in [1.165, 1.54) is 12.3 Å². The average molecular weight is 384 g/mol. The molecule has 1 aromatic carbocycles. The van der Waals surface area contributed by atoms with E-state index in [4.69, 9.17) is 4.74 Å². The van der Waals surface area contributed by atoms with E-state index in [0.717, 1.165) is 57.2 Å². The Hall–Kier alpha value is -1.43. The van der Waals surface area contributed by atoms with Gasteiger partial charge in [0.25, 0.3) is 0 Å². The summed E-state index contributed by atoms with van der Waals surface area (Å²) < 4.78 is 30.5. The topological polar surface area (TPSA) is 46.6 Å². The lowest BCUT2D eigenvalue weighted by molar-refractivity contribution is 0.0646. The maximum Gasteiger partial charge on any atom is 0.410 e. The van der Waals surface area contributed by atoms with Crippen molar-refractivity contribution in [2.24, 2.45) is 5.92 Å². The SMILES string of the molecule is CC(C)OC(=O)N1CCC(CCCCc2ccc(S(C)=O)c(F)c2)CC1. The summed E-state index contributed by atoms with van der Waals surface area (Å²) in [5.74, 6) is 0.281. The first-order valence-electron chi connectivity index (χ1n) is 9.44. The molecule has 1 aromatic rings. The van der Waals surface area contributed by atoms with Gasteiger partial charge in [-0.05, 0) is 63.1 Å². The Bertz CT molecular complexity index is 627. The minimum atomic E-state index is -1.28. The van der Waals surface area contributed by atoms with Crippen LogP contribution < -0.4 is 0 Å². The lowest BCUT2D eigenvalue weighted by Gasteiger charge is -2.31. The summed E-state index contributed by atoms with van der Waals surface area (Å²) >= 11 is 0. The highest BCUT2D eigenvalue weighted by molar-refractivity contribution is 7.84. The van der Waals surface area contributed by atoms with E-state index in [2.05, 4.69) is 0 Å². The van der Waals surface area contributed by atoms with Gasteiger partial charge in [0.05, 0.1) is 21.8 Å². The molecule has 1 heterocycles. The number of piperidine rings is 1. The average Bonchev–Trinajstić information content (AvgIpc) is 2.58. The number of carbonyl (C=O) groups is 1. The van der Waals surface area contributed by atoms with Crippen LogP contribution in [-0.2, 0) is 22.0 Å². The third-order valence-corrected chi connectivity index (χ3v) is 5.79. The molecule has 6 heteroatoms. The highest BCUT2D eigenvalue weighted by Gasteiger charge is 2.23. The Labute approximate surface area is 158 Å². The molecule has 1 saturated heterocycles. The van der Waals surface area contributed by atoms with E-state index in [0.29, 0.717) is 5.92 Å². The molecule has 4 nitrogen and oxygen atoms in total. The number of carbonyl (C=O) groups excluding carboxylic acids is 1. The van der Waals surface area contributed by atoms with Crippen LogP contribution in [-0.4, -0.2) is 40.7 Å². The second-order valence-electron chi connectivity index (χ2n) is 7.33. The highest BCUT2D eigenvalue weighted by Crippen LogP contribution is 2.24. The maximum atomic E-state index is 13.8. The number of hydrogen-bond donors (Lipinski definition) is 0. The number of benzene rings is 1. The molecule has 1 aliphatic heterocycles. The molecule has 26 heavy (non-hydrogen) atoms. The maximum absolute atomic E-state index is 13.8. The quantitative estimate of drug-likeness (QED) is 0.650. The molecule has 0 saturated carbocycles. The fourth-order valence-corrected chi connectivity index (χ4v) is 3.97. The van der Waals surface area contributed by atoms with Gasteiger partial charge in [-0.1, -0.05) is 18.9 Å². The van der Waals surface area contributed by atoms with E-state index in [1.54, 1.807) is 11.0 Å². The molecule has 0 N–H and O–H groups in total. The third kappa shape index (κ3) is 6.38. The summed E-state index contributed by atoms with van der Waals surface area (Å²) in [4.78, 5) is 14.0. The van der Waals surface area contributed by atoms with Crippen LogP contribution in [0, 0.1) is 11.7 Å². The van der Waals surface area contributed by atoms with Crippen molar-refractivity contribution in [1.82, 2.24) is 4.90 Å². The number of ether oxygens (including phenoxy) is 1. The number of unbranched alkanes of at least 4 members (excludes halogenated alkanes) is 1. The molecule has 146 valence electrons. The van der Waals surface area contributed by atoms with Crippen LogP contribution in [0.5, 0.6) is 0 Å². The van der Waals surface area contributed by atoms with Gasteiger partial charge in [0.2, 0.25) is 0 Å². The van der Waals surface area contributed by atoms with Crippen molar-refractivity contribution in [2.45, 2.75) is 63.4 Å². The van der Waals surface area contributed by atoms with Crippen LogP contribution in [0.25, 0.3) is 0 Å². The monoisotopic (exact) mass is 383 g/mol. The fourth-order valence-electron chi connectivity index (χ4n) is 3.38. The van der Waals surface area contributed by atoms with Gasteiger partial charge < -0.3 is 9.64 Å². The summed E-state index contributed by atoms with van der Waals surface area (Å²) in [6.45, 7) is 5.28. The number of nitrogens with zero attached hydrogens (tertiary/aromatic N) is 1. The van der Waals surface area contributed by atoms with Crippen LogP contribution in [0.2, 0.25) is 0 Å². The van der Waals surface area contributed by atoms with Gasteiger partial charge in [-0.2, -0.15) is 0 Å². The molecule has 1 unspecified atom stereocenters. The van der Waals surface area contributed by atoms with E-state index < -0.39 is 10.8 Å². The van der Waals surface area contributed by atoms with Crippen LogP contribution in [0.1, 0.15) is 51.5 Å². The molecule has 0 aromatic heterocycles.